The van der Waals surface area contributed by atoms with Crippen molar-refractivity contribution >= 4 is 44.7 Å². The van der Waals surface area contributed by atoms with Gasteiger partial charge in [-0.3, -0.25) is 4.79 Å². The van der Waals surface area contributed by atoms with E-state index in [9.17, 15) is 4.79 Å². The normalized spacial score (nSPS) is 11.2. The monoisotopic (exact) mass is 308 g/mol. The molecule has 106 valence electrons. The van der Waals surface area contributed by atoms with E-state index in [1.165, 1.54) is 10.4 Å². The third-order valence-electron chi connectivity index (χ3n) is 3.19. The van der Waals surface area contributed by atoms with Crippen LogP contribution in [0.5, 0.6) is 0 Å². The first kappa shape index (κ1) is 15.0. The van der Waals surface area contributed by atoms with Gasteiger partial charge in [-0.15, -0.1) is 23.7 Å². The maximum absolute atomic E-state index is 12.1. The standard InChI is InChI=1S/C15H16N2OS.ClH/c1-9-4-5-11-12(6-9)13-7-10(8-17(2)3)19-15(13)16-14(11)18;/h4-7H,8H2,1-3H3,(H,16,18);1H. The van der Waals surface area contributed by atoms with Gasteiger partial charge in [0.05, 0.1) is 0 Å². The van der Waals surface area contributed by atoms with Crippen LogP contribution in [-0.2, 0) is 6.54 Å². The Labute approximate surface area is 127 Å². The molecule has 0 fully saturated rings. The first-order valence-corrected chi connectivity index (χ1v) is 7.06. The highest BCUT2D eigenvalue weighted by Gasteiger charge is 2.09. The number of hydrogen-bond acceptors (Lipinski definition) is 3. The minimum absolute atomic E-state index is 0. The van der Waals surface area contributed by atoms with Crippen LogP contribution in [0.4, 0.5) is 0 Å². The lowest BCUT2D eigenvalue weighted by Crippen LogP contribution is -2.09. The summed E-state index contributed by atoms with van der Waals surface area (Å²) in [6, 6.07) is 8.18. The second-order valence-corrected chi connectivity index (χ2v) is 6.33. The van der Waals surface area contributed by atoms with Crippen LogP contribution in [-0.4, -0.2) is 24.0 Å². The fourth-order valence-corrected chi connectivity index (χ4v) is 3.56. The van der Waals surface area contributed by atoms with Gasteiger partial charge in [0.1, 0.15) is 4.83 Å². The molecule has 0 amide bonds. The summed E-state index contributed by atoms with van der Waals surface area (Å²) in [6.45, 7) is 2.95. The Morgan fingerprint density at radius 1 is 1.15 bits per heavy atom. The van der Waals surface area contributed by atoms with Crippen molar-refractivity contribution in [3.63, 3.8) is 0 Å². The van der Waals surface area contributed by atoms with Crippen LogP contribution in [0.2, 0.25) is 0 Å². The molecule has 2 aromatic heterocycles. The summed E-state index contributed by atoms with van der Waals surface area (Å²) in [5.74, 6) is 0. The van der Waals surface area contributed by atoms with E-state index >= 15 is 0 Å². The van der Waals surface area contributed by atoms with Crippen molar-refractivity contribution in [1.29, 1.82) is 0 Å². The summed E-state index contributed by atoms with van der Waals surface area (Å²) in [6.07, 6.45) is 0. The van der Waals surface area contributed by atoms with E-state index in [0.717, 1.165) is 27.5 Å². The summed E-state index contributed by atoms with van der Waals surface area (Å²) in [4.78, 5) is 19.4. The zero-order valence-corrected chi connectivity index (χ0v) is 13.3. The highest BCUT2D eigenvalue weighted by Crippen LogP contribution is 2.29. The average molecular weight is 309 g/mol. The molecule has 5 heteroatoms. The van der Waals surface area contributed by atoms with Crippen molar-refractivity contribution in [2.24, 2.45) is 0 Å². The number of halogens is 1. The molecule has 1 N–H and O–H groups in total. The Morgan fingerprint density at radius 2 is 1.90 bits per heavy atom. The number of nitrogens with zero attached hydrogens (tertiary/aromatic N) is 1. The molecule has 0 spiro atoms. The van der Waals surface area contributed by atoms with E-state index in [4.69, 9.17) is 0 Å². The molecule has 0 radical (unpaired) electrons. The molecule has 3 aromatic rings. The molecule has 0 aliphatic rings. The predicted molar refractivity (Wildman–Crippen MR) is 89.3 cm³/mol. The largest absolute Gasteiger partial charge is 0.313 e. The highest BCUT2D eigenvalue weighted by atomic mass is 35.5. The lowest BCUT2D eigenvalue weighted by molar-refractivity contribution is 0.406. The lowest BCUT2D eigenvalue weighted by Gasteiger charge is -2.05. The molecule has 1 aromatic carbocycles. The topological polar surface area (TPSA) is 36.1 Å². The van der Waals surface area contributed by atoms with Gasteiger partial charge in [-0.05, 0) is 38.5 Å². The van der Waals surface area contributed by atoms with E-state index in [1.54, 1.807) is 11.3 Å². The molecule has 0 aliphatic carbocycles. The SMILES string of the molecule is Cc1ccc2c(=O)[nH]c3sc(CN(C)C)cc3c2c1.Cl. The van der Waals surface area contributed by atoms with E-state index in [1.807, 2.05) is 12.1 Å². The van der Waals surface area contributed by atoms with Crippen molar-refractivity contribution in [3.05, 3.63) is 45.1 Å². The smallest absolute Gasteiger partial charge is 0.256 e. The maximum Gasteiger partial charge on any atom is 0.256 e. The molecule has 0 aliphatic heterocycles. The first-order valence-electron chi connectivity index (χ1n) is 6.24. The Kier molecular flexibility index (Phi) is 4.18. The van der Waals surface area contributed by atoms with Gasteiger partial charge in [0.2, 0.25) is 0 Å². The summed E-state index contributed by atoms with van der Waals surface area (Å²) in [5.41, 5.74) is 1.18. The van der Waals surface area contributed by atoms with Gasteiger partial charge in [-0.1, -0.05) is 17.7 Å². The number of aromatic amines is 1. The predicted octanol–water partition coefficient (Wildman–Crippen LogP) is 3.53. The van der Waals surface area contributed by atoms with E-state index in [-0.39, 0.29) is 18.0 Å². The van der Waals surface area contributed by atoms with Crippen molar-refractivity contribution in [2.45, 2.75) is 13.5 Å². The number of rotatable bonds is 2. The number of aromatic nitrogens is 1. The van der Waals surface area contributed by atoms with Gasteiger partial charge >= 0.3 is 0 Å². The number of H-pyrrole nitrogens is 1. The van der Waals surface area contributed by atoms with Gasteiger partial charge in [0, 0.05) is 22.2 Å². The molecule has 0 atom stereocenters. The Bertz CT molecular complexity index is 820. The van der Waals surface area contributed by atoms with Crippen LogP contribution < -0.4 is 5.56 Å². The van der Waals surface area contributed by atoms with Crippen molar-refractivity contribution in [1.82, 2.24) is 9.88 Å². The van der Waals surface area contributed by atoms with Crippen molar-refractivity contribution in [3.8, 4) is 0 Å². The summed E-state index contributed by atoms with van der Waals surface area (Å²) in [5, 5.41) is 2.98. The Morgan fingerprint density at radius 3 is 2.60 bits per heavy atom. The van der Waals surface area contributed by atoms with Gasteiger partial charge in [0.25, 0.3) is 5.56 Å². The molecule has 3 nitrogen and oxygen atoms in total. The second-order valence-electron chi connectivity index (χ2n) is 5.20. The Balaban J connectivity index is 0.00000147. The molecule has 0 unspecified atom stereocenters. The summed E-state index contributed by atoms with van der Waals surface area (Å²) >= 11 is 1.66. The summed E-state index contributed by atoms with van der Waals surface area (Å²) < 4.78 is 0. The van der Waals surface area contributed by atoms with Crippen LogP contribution >= 0.6 is 23.7 Å². The number of fused-ring (bicyclic) bond motifs is 3. The van der Waals surface area contributed by atoms with Gasteiger partial charge in [-0.2, -0.15) is 0 Å². The molecule has 3 rings (SSSR count). The van der Waals surface area contributed by atoms with E-state index in [2.05, 4.69) is 43.0 Å². The highest BCUT2D eigenvalue weighted by molar-refractivity contribution is 7.18. The van der Waals surface area contributed by atoms with Crippen molar-refractivity contribution in [2.75, 3.05) is 14.1 Å². The number of thiophene rings is 1. The number of hydrogen-bond donors (Lipinski definition) is 1. The second kappa shape index (κ2) is 5.56. The average Bonchev–Trinajstić information content (AvgIpc) is 2.70. The van der Waals surface area contributed by atoms with Crippen LogP contribution in [0.25, 0.3) is 21.0 Å². The van der Waals surface area contributed by atoms with Crippen LogP contribution in [0.1, 0.15) is 10.4 Å². The minimum atomic E-state index is 0. The van der Waals surface area contributed by atoms with Crippen LogP contribution in [0.15, 0.2) is 29.1 Å². The first-order chi connectivity index (χ1) is 9.04. The third-order valence-corrected chi connectivity index (χ3v) is 4.23. The van der Waals surface area contributed by atoms with Crippen molar-refractivity contribution < 1.29 is 0 Å². The third kappa shape index (κ3) is 2.59. The Hall–Kier alpha value is -1.36. The minimum Gasteiger partial charge on any atom is -0.313 e. The lowest BCUT2D eigenvalue weighted by atomic mass is 10.1. The zero-order chi connectivity index (χ0) is 13.6. The van der Waals surface area contributed by atoms with Crippen LogP contribution in [0, 0.1) is 6.92 Å². The fourth-order valence-electron chi connectivity index (χ4n) is 2.37. The molecule has 20 heavy (non-hydrogen) atoms. The maximum atomic E-state index is 12.1. The number of aryl methyl sites for hydroxylation is 1. The zero-order valence-electron chi connectivity index (χ0n) is 11.7. The van der Waals surface area contributed by atoms with Gasteiger partial charge < -0.3 is 9.88 Å². The molecule has 0 bridgehead atoms. The molecular weight excluding hydrogens is 292 g/mol. The quantitative estimate of drug-likeness (QED) is 0.786. The number of benzene rings is 1. The molecule has 2 heterocycles. The summed E-state index contributed by atoms with van der Waals surface area (Å²) in [7, 11) is 4.10. The number of nitrogens with one attached hydrogen (secondary N) is 1. The molecule has 0 saturated carbocycles. The van der Waals surface area contributed by atoms with E-state index in [0.29, 0.717) is 0 Å². The molecule has 0 saturated heterocycles. The van der Waals surface area contributed by atoms with E-state index < -0.39 is 0 Å². The van der Waals surface area contributed by atoms with Crippen LogP contribution in [0.3, 0.4) is 0 Å². The molecular formula is C15H17ClN2OS. The van der Waals surface area contributed by atoms with Gasteiger partial charge in [-0.25, -0.2) is 0 Å². The number of pyridine rings is 1. The fraction of sp³-hybridized carbons (Fsp3) is 0.267. The van der Waals surface area contributed by atoms with Gasteiger partial charge in [0.15, 0.2) is 0 Å².